The Morgan fingerprint density at radius 1 is 1.41 bits per heavy atom. The van der Waals surface area contributed by atoms with Crippen LogP contribution in [0.1, 0.15) is 41.9 Å². The van der Waals surface area contributed by atoms with Gasteiger partial charge in [0, 0.05) is 28.2 Å². The molecule has 1 heterocycles. The number of aliphatic hydroxyl groups excluding tert-OH is 1. The van der Waals surface area contributed by atoms with E-state index in [1.165, 1.54) is 12.8 Å². The summed E-state index contributed by atoms with van der Waals surface area (Å²) in [5.74, 6) is 0.0802. The van der Waals surface area contributed by atoms with Crippen LogP contribution in [-0.2, 0) is 6.61 Å². The third-order valence-corrected chi connectivity index (χ3v) is 3.40. The first-order chi connectivity index (χ1) is 8.20. The van der Waals surface area contributed by atoms with Crippen LogP contribution in [0.25, 0.3) is 10.9 Å². The largest absolute Gasteiger partial charge is 0.390 e. The summed E-state index contributed by atoms with van der Waals surface area (Å²) >= 11 is 0. The Hall–Kier alpha value is -1.61. The van der Waals surface area contributed by atoms with Gasteiger partial charge in [-0.15, -0.1) is 0 Å². The van der Waals surface area contributed by atoms with Crippen molar-refractivity contribution >= 4 is 16.7 Å². The molecule has 3 heteroatoms. The van der Waals surface area contributed by atoms with Gasteiger partial charge in [-0.25, -0.2) is 0 Å². The number of nitrogens with zero attached hydrogens (tertiary/aromatic N) is 1. The number of carbonyl (C=O) groups is 1. The van der Waals surface area contributed by atoms with E-state index < -0.39 is 0 Å². The molecule has 88 valence electrons. The molecular formula is C14H15NO2. The van der Waals surface area contributed by atoms with Crippen molar-refractivity contribution in [2.45, 2.75) is 32.4 Å². The summed E-state index contributed by atoms with van der Waals surface area (Å²) in [6, 6.07) is 8.29. The van der Waals surface area contributed by atoms with E-state index in [4.69, 9.17) is 0 Å². The highest BCUT2D eigenvalue weighted by Gasteiger charge is 2.27. The second kappa shape index (κ2) is 3.70. The topological polar surface area (TPSA) is 42.2 Å². The summed E-state index contributed by atoms with van der Waals surface area (Å²) in [7, 11) is 0. The smallest absolute Gasteiger partial charge is 0.159 e. The van der Waals surface area contributed by atoms with Gasteiger partial charge in [-0.1, -0.05) is 0 Å². The maximum absolute atomic E-state index is 11.3. The van der Waals surface area contributed by atoms with Gasteiger partial charge in [0.15, 0.2) is 5.78 Å². The molecule has 1 aliphatic carbocycles. The van der Waals surface area contributed by atoms with E-state index in [2.05, 4.69) is 4.57 Å². The third-order valence-electron chi connectivity index (χ3n) is 3.40. The molecule has 0 radical (unpaired) electrons. The number of hydrogen-bond acceptors (Lipinski definition) is 2. The minimum absolute atomic E-state index is 0.0561. The fraction of sp³-hybridized carbons (Fsp3) is 0.357. The van der Waals surface area contributed by atoms with Crippen LogP contribution in [0.3, 0.4) is 0 Å². The summed E-state index contributed by atoms with van der Waals surface area (Å²) in [5.41, 5.74) is 2.81. The highest BCUT2D eigenvalue weighted by molar-refractivity contribution is 5.98. The second-order valence-corrected chi connectivity index (χ2v) is 4.72. The Labute approximate surface area is 99.7 Å². The van der Waals surface area contributed by atoms with E-state index in [1.54, 1.807) is 6.92 Å². The molecule has 1 saturated carbocycles. The van der Waals surface area contributed by atoms with Crippen LogP contribution < -0.4 is 0 Å². The first kappa shape index (κ1) is 10.5. The Balaban J connectivity index is 2.22. The number of hydrogen-bond donors (Lipinski definition) is 1. The number of fused-ring (bicyclic) bond motifs is 1. The predicted octanol–water partition coefficient (Wildman–Crippen LogP) is 2.67. The van der Waals surface area contributed by atoms with E-state index in [-0.39, 0.29) is 12.4 Å². The van der Waals surface area contributed by atoms with E-state index in [1.807, 2.05) is 24.3 Å². The standard InChI is InChI=1S/C14H15NO2/c1-9(17)10-2-5-14-11(6-10)7-13(8-16)15(14)12-3-4-12/h2,5-7,12,16H,3-4,8H2,1H3. The van der Waals surface area contributed by atoms with Gasteiger partial charge in [0.1, 0.15) is 0 Å². The number of aliphatic hydroxyl groups is 1. The lowest BCUT2D eigenvalue weighted by Gasteiger charge is -2.07. The van der Waals surface area contributed by atoms with Crippen molar-refractivity contribution in [3.05, 3.63) is 35.5 Å². The lowest BCUT2D eigenvalue weighted by atomic mass is 10.1. The molecule has 0 spiro atoms. The second-order valence-electron chi connectivity index (χ2n) is 4.72. The quantitative estimate of drug-likeness (QED) is 0.822. The zero-order valence-corrected chi connectivity index (χ0v) is 9.81. The molecule has 1 aromatic carbocycles. The SMILES string of the molecule is CC(=O)c1ccc2c(c1)cc(CO)n2C1CC1. The average molecular weight is 229 g/mol. The van der Waals surface area contributed by atoms with Crippen LogP contribution >= 0.6 is 0 Å². The van der Waals surface area contributed by atoms with Crippen molar-refractivity contribution in [3.63, 3.8) is 0 Å². The van der Waals surface area contributed by atoms with E-state index >= 15 is 0 Å². The van der Waals surface area contributed by atoms with Gasteiger partial charge in [-0.3, -0.25) is 4.79 Å². The van der Waals surface area contributed by atoms with Crippen molar-refractivity contribution < 1.29 is 9.90 Å². The minimum Gasteiger partial charge on any atom is -0.390 e. The summed E-state index contributed by atoms with van der Waals surface area (Å²) in [5, 5.41) is 10.4. The number of Topliss-reactive ketones (excluding diaryl/α,β-unsaturated/α-hetero) is 1. The fourth-order valence-electron chi connectivity index (χ4n) is 2.40. The van der Waals surface area contributed by atoms with Gasteiger partial charge in [-0.2, -0.15) is 0 Å². The van der Waals surface area contributed by atoms with Crippen molar-refractivity contribution in [3.8, 4) is 0 Å². The zero-order chi connectivity index (χ0) is 12.0. The Kier molecular flexibility index (Phi) is 2.30. The van der Waals surface area contributed by atoms with Gasteiger partial charge in [-0.05, 0) is 44.0 Å². The van der Waals surface area contributed by atoms with Crippen LogP contribution in [0.4, 0.5) is 0 Å². The van der Waals surface area contributed by atoms with Crippen molar-refractivity contribution in [1.29, 1.82) is 0 Å². The van der Waals surface area contributed by atoms with E-state index in [0.717, 1.165) is 22.2 Å². The molecule has 0 saturated heterocycles. The van der Waals surface area contributed by atoms with Crippen LogP contribution in [0.5, 0.6) is 0 Å². The molecule has 3 rings (SSSR count). The molecule has 0 aliphatic heterocycles. The molecule has 1 aromatic heterocycles. The number of rotatable bonds is 3. The highest BCUT2D eigenvalue weighted by Crippen LogP contribution is 2.39. The highest BCUT2D eigenvalue weighted by atomic mass is 16.3. The van der Waals surface area contributed by atoms with Crippen LogP contribution in [-0.4, -0.2) is 15.5 Å². The predicted molar refractivity (Wildman–Crippen MR) is 66.1 cm³/mol. The van der Waals surface area contributed by atoms with Crippen molar-refractivity contribution in [2.24, 2.45) is 0 Å². The molecule has 0 unspecified atom stereocenters. The first-order valence-corrected chi connectivity index (χ1v) is 5.96. The number of ketones is 1. The average Bonchev–Trinajstić information content (AvgIpc) is 3.08. The maximum Gasteiger partial charge on any atom is 0.159 e. The normalized spacial score (nSPS) is 15.4. The lowest BCUT2D eigenvalue weighted by molar-refractivity contribution is 0.101. The number of benzene rings is 1. The zero-order valence-electron chi connectivity index (χ0n) is 9.81. The summed E-state index contributed by atoms with van der Waals surface area (Å²) < 4.78 is 2.21. The monoisotopic (exact) mass is 229 g/mol. The molecule has 3 nitrogen and oxygen atoms in total. The molecule has 1 fully saturated rings. The summed E-state index contributed by atoms with van der Waals surface area (Å²) in [4.78, 5) is 11.3. The molecule has 17 heavy (non-hydrogen) atoms. The van der Waals surface area contributed by atoms with Gasteiger partial charge >= 0.3 is 0 Å². The summed E-state index contributed by atoms with van der Waals surface area (Å²) in [6.45, 7) is 1.63. The lowest BCUT2D eigenvalue weighted by Crippen LogP contribution is -1.99. The Morgan fingerprint density at radius 2 is 2.18 bits per heavy atom. The molecule has 0 atom stereocenters. The molecule has 0 bridgehead atoms. The van der Waals surface area contributed by atoms with Gasteiger partial charge < -0.3 is 9.67 Å². The minimum atomic E-state index is 0.0561. The van der Waals surface area contributed by atoms with E-state index in [9.17, 15) is 9.90 Å². The molecule has 1 N–H and O–H groups in total. The van der Waals surface area contributed by atoms with Crippen LogP contribution in [0, 0.1) is 0 Å². The van der Waals surface area contributed by atoms with Crippen LogP contribution in [0.15, 0.2) is 24.3 Å². The first-order valence-electron chi connectivity index (χ1n) is 5.96. The van der Waals surface area contributed by atoms with Crippen molar-refractivity contribution in [1.82, 2.24) is 4.57 Å². The number of aromatic nitrogens is 1. The molecule has 2 aromatic rings. The van der Waals surface area contributed by atoms with E-state index in [0.29, 0.717) is 6.04 Å². The molecular weight excluding hydrogens is 214 g/mol. The van der Waals surface area contributed by atoms with Gasteiger partial charge in [0.25, 0.3) is 0 Å². The molecule has 0 amide bonds. The van der Waals surface area contributed by atoms with Gasteiger partial charge in [0.2, 0.25) is 0 Å². The van der Waals surface area contributed by atoms with Crippen LogP contribution in [0.2, 0.25) is 0 Å². The fourth-order valence-corrected chi connectivity index (χ4v) is 2.40. The Morgan fingerprint density at radius 3 is 2.76 bits per heavy atom. The third kappa shape index (κ3) is 1.67. The summed E-state index contributed by atoms with van der Waals surface area (Å²) in [6.07, 6.45) is 2.37. The van der Waals surface area contributed by atoms with Crippen molar-refractivity contribution in [2.75, 3.05) is 0 Å². The Bertz CT molecular complexity index is 594. The van der Waals surface area contributed by atoms with Gasteiger partial charge in [0.05, 0.1) is 6.61 Å². The molecule has 1 aliphatic rings. The maximum atomic E-state index is 11.3. The number of carbonyl (C=O) groups excluding carboxylic acids is 1.